The third-order valence-corrected chi connectivity index (χ3v) is 2.88. The van der Waals surface area contributed by atoms with Crippen molar-refractivity contribution in [3.05, 3.63) is 29.8 Å². The van der Waals surface area contributed by atoms with Gasteiger partial charge in [-0.3, -0.25) is 9.59 Å². The van der Waals surface area contributed by atoms with Crippen LogP contribution in [0.25, 0.3) is 0 Å². The first kappa shape index (κ1) is 11.6. The van der Waals surface area contributed by atoms with Gasteiger partial charge in [-0.05, 0) is 24.5 Å². The second-order valence-electron chi connectivity index (χ2n) is 4.18. The minimum Gasteiger partial charge on any atom is -0.466 e. The summed E-state index contributed by atoms with van der Waals surface area (Å²) in [4.78, 5) is 22.4. The maximum Gasteiger partial charge on any atom is 0.302 e. The molecule has 4 heteroatoms. The predicted molar refractivity (Wildman–Crippen MR) is 63.5 cm³/mol. The lowest BCUT2D eigenvalue weighted by Crippen LogP contribution is -2.30. The Morgan fingerprint density at radius 1 is 1.47 bits per heavy atom. The number of hydrogen-bond donors (Lipinski definition) is 1. The number of carbonyl (C=O) groups excluding carboxylic acids is 2. The fourth-order valence-corrected chi connectivity index (χ4v) is 1.99. The second-order valence-corrected chi connectivity index (χ2v) is 4.18. The van der Waals surface area contributed by atoms with Crippen LogP contribution in [-0.2, 0) is 20.7 Å². The van der Waals surface area contributed by atoms with Gasteiger partial charge in [0.1, 0.15) is 0 Å². The summed E-state index contributed by atoms with van der Waals surface area (Å²) in [5.41, 5.74) is 2.03. The number of amides is 1. The number of benzene rings is 1. The molecule has 0 radical (unpaired) electrons. The highest BCUT2D eigenvalue weighted by atomic mass is 16.5. The molecule has 1 aliphatic heterocycles. The average Bonchev–Trinajstić information content (AvgIpc) is 2.29. The molecule has 0 bridgehead atoms. The molecule has 0 saturated carbocycles. The van der Waals surface area contributed by atoms with E-state index >= 15 is 0 Å². The number of para-hydroxylation sites is 1. The van der Waals surface area contributed by atoms with Crippen LogP contribution in [0.1, 0.15) is 18.9 Å². The van der Waals surface area contributed by atoms with Crippen molar-refractivity contribution in [3.63, 3.8) is 0 Å². The summed E-state index contributed by atoms with van der Waals surface area (Å²) in [6.45, 7) is 1.67. The van der Waals surface area contributed by atoms with E-state index in [4.69, 9.17) is 4.74 Å². The van der Waals surface area contributed by atoms with E-state index in [1.54, 1.807) is 0 Å². The van der Waals surface area contributed by atoms with Gasteiger partial charge in [0.15, 0.2) is 0 Å². The molecule has 0 fully saturated rings. The lowest BCUT2D eigenvalue weighted by molar-refractivity contribution is -0.142. The molecule has 1 aromatic carbocycles. The molecule has 17 heavy (non-hydrogen) atoms. The number of rotatable bonds is 3. The van der Waals surface area contributed by atoms with Crippen LogP contribution in [0.15, 0.2) is 24.3 Å². The first-order valence-corrected chi connectivity index (χ1v) is 5.69. The van der Waals surface area contributed by atoms with Crippen LogP contribution in [0.4, 0.5) is 5.69 Å². The molecule has 4 nitrogen and oxygen atoms in total. The Balaban J connectivity index is 1.98. The molecule has 1 N–H and O–H groups in total. The molecule has 0 saturated heterocycles. The van der Waals surface area contributed by atoms with Crippen molar-refractivity contribution in [3.8, 4) is 0 Å². The SMILES string of the molecule is CC(=O)OCCC1Cc2ccccc2NC1=O. The molecule has 2 rings (SSSR count). The molecule has 1 atom stereocenters. The van der Waals surface area contributed by atoms with E-state index in [-0.39, 0.29) is 17.8 Å². The van der Waals surface area contributed by atoms with Gasteiger partial charge in [-0.25, -0.2) is 0 Å². The monoisotopic (exact) mass is 233 g/mol. The third-order valence-electron chi connectivity index (χ3n) is 2.88. The summed E-state index contributed by atoms with van der Waals surface area (Å²) < 4.78 is 4.86. The van der Waals surface area contributed by atoms with Crippen molar-refractivity contribution in [2.45, 2.75) is 19.8 Å². The van der Waals surface area contributed by atoms with Crippen LogP contribution in [0.2, 0.25) is 0 Å². The van der Waals surface area contributed by atoms with Crippen molar-refractivity contribution in [2.75, 3.05) is 11.9 Å². The molecular formula is C13H15NO3. The van der Waals surface area contributed by atoms with E-state index in [0.29, 0.717) is 19.4 Å². The number of anilines is 1. The minimum atomic E-state index is -0.304. The number of esters is 1. The normalized spacial score (nSPS) is 18.2. The molecule has 1 unspecified atom stereocenters. The van der Waals surface area contributed by atoms with Gasteiger partial charge in [-0.1, -0.05) is 18.2 Å². The molecule has 0 aliphatic carbocycles. The Labute approximate surface area is 100.0 Å². The van der Waals surface area contributed by atoms with E-state index in [0.717, 1.165) is 11.3 Å². The molecule has 1 amide bonds. The quantitative estimate of drug-likeness (QED) is 0.809. The third kappa shape index (κ3) is 2.84. The molecule has 0 aromatic heterocycles. The van der Waals surface area contributed by atoms with Crippen LogP contribution >= 0.6 is 0 Å². The zero-order valence-electron chi connectivity index (χ0n) is 9.73. The Morgan fingerprint density at radius 3 is 3.00 bits per heavy atom. The summed E-state index contributed by atoms with van der Waals surface area (Å²) in [6, 6.07) is 7.76. The zero-order valence-corrected chi connectivity index (χ0v) is 9.73. The summed E-state index contributed by atoms with van der Waals surface area (Å²) in [7, 11) is 0. The van der Waals surface area contributed by atoms with Crippen molar-refractivity contribution in [1.29, 1.82) is 0 Å². The standard InChI is InChI=1S/C13H15NO3/c1-9(15)17-7-6-11-8-10-4-2-3-5-12(10)14-13(11)16/h2-5,11H,6-8H2,1H3,(H,14,16). The van der Waals surface area contributed by atoms with Crippen molar-refractivity contribution in [2.24, 2.45) is 5.92 Å². The lowest BCUT2D eigenvalue weighted by atomic mass is 9.91. The summed E-state index contributed by atoms with van der Waals surface area (Å²) in [6.07, 6.45) is 1.28. The van der Waals surface area contributed by atoms with E-state index in [1.807, 2.05) is 24.3 Å². The van der Waals surface area contributed by atoms with Crippen molar-refractivity contribution >= 4 is 17.6 Å². The van der Waals surface area contributed by atoms with E-state index in [9.17, 15) is 9.59 Å². The van der Waals surface area contributed by atoms with Gasteiger partial charge in [-0.15, -0.1) is 0 Å². The molecular weight excluding hydrogens is 218 g/mol. The zero-order chi connectivity index (χ0) is 12.3. The Morgan fingerprint density at radius 2 is 2.24 bits per heavy atom. The van der Waals surface area contributed by atoms with Gasteiger partial charge >= 0.3 is 5.97 Å². The molecule has 1 heterocycles. The van der Waals surface area contributed by atoms with Crippen LogP contribution in [-0.4, -0.2) is 18.5 Å². The predicted octanol–water partition coefficient (Wildman–Crippen LogP) is 1.75. The van der Waals surface area contributed by atoms with Crippen molar-refractivity contribution in [1.82, 2.24) is 0 Å². The average molecular weight is 233 g/mol. The number of ether oxygens (including phenoxy) is 1. The molecule has 90 valence electrons. The van der Waals surface area contributed by atoms with Gasteiger partial charge in [0.2, 0.25) is 5.91 Å². The second kappa shape index (κ2) is 4.99. The Hall–Kier alpha value is -1.84. The summed E-state index contributed by atoms with van der Waals surface area (Å²) in [5, 5.41) is 2.87. The van der Waals surface area contributed by atoms with Crippen LogP contribution in [0.5, 0.6) is 0 Å². The molecule has 0 spiro atoms. The highest BCUT2D eigenvalue weighted by Gasteiger charge is 2.25. The maximum absolute atomic E-state index is 11.8. The van der Waals surface area contributed by atoms with Crippen LogP contribution in [0, 0.1) is 5.92 Å². The largest absolute Gasteiger partial charge is 0.466 e. The first-order valence-electron chi connectivity index (χ1n) is 5.69. The van der Waals surface area contributed by atoms with Crippen LogP contribution < -0.4 is 5.32 Å². The smallest absolute Gasteiger partial charge is 0.302 e. The van der Waals surface area contributed by atoms with Gasteiger partial charge in [0.25, 0.3) is 0 Å². The summed E-state index contributed by atoms with van der Waals surface area (Å²) >= 11 is 0. The fraction of sp³-hybridized carbons (Fsp3) is 0.385. The van der Waals surface area contributed by atoms with E-state index in [2.05, 4.69) is 5.32 Å². The minimum absolute atomic E-state index is 0.0100. The fourth-order valence-electron chi connectivity index (χ4n) is 1.99. The Kier molecular flexibility index (Phi) is 3.42. The van der Waals surface area contributed by atoms with Gasteiger partial charge in [0.05, 0.1) is 6.61 Å². The number of nitrogens with one attached hydrogen (secondary N) is 1. The van der Waals surface area contributed by atoms with Gasteiger partial charge in [0, 0.05) is 18.5 Å². The highest BCUT2D eigenvalue weighted by Crippen LogP contribution is 2.26. The van der Waals surface area contributed by atoms with Gasteiger partial charge in [-0.2, -0.15) is 0 Å². The van der Waals surface area contributed by atoms with E-state index in [1.165, 1.54) is 6.92 Å². The van der Waals surface area contributed by atoms with Crippen molar-refractivity contribution < 1.29 is 14.3 Å². The van der Waals surface area contributed by atoms with Crippen LogP contribution in [0.3, 0.4) is 0 Å². The summed E-state index contributed by atoms with van der Waals surface area (Å²) in [5.74, 6) is -0.401. The first-order chi connectivity index (χ1) is 8.16. The van der Waals surface area contributed by atoms with E-state index < -0.39 is 0 Å². The number of carbonyl (C=O) groups is 2. The van der Waals surface area contributed by atoms with Gasteiger partial charge < -0.3 is 10.1 Å². The maximum atomic E-state index is 11.8. The highest BCUT2D eigenvalue weighted by molar-refractivity contribution is 5.95. The molecule has 1 aromatic rings. The lowest BCUT2D eigenvalue weighted by Gasteiger charge is -2.24. The number of fused-ring (bicyclic) bond motifs is 1. The Bertz CT molecular complexity index is 442. The molecule has 1 aliphatic rings. The topological polar surface area (TPSA) is 55.4 Å². The number of hydrogen-bond acceptors (Lipinski definition) is 3.